The molecule has 0 fully saturated rings. The van der Waals surface area contributed by atoms with Gasteiger partial charge in [-0.05, 0) is 44.0 Å². The molecule has 0 amide bonds. The summed E-state index contributed by atoms with van der Waals surface area (Å²) < 4.78 is 31.3. The van der Waals surface area contributed by atoms with Crippen molar-refractivity contribution in [2.75, 3.05) is 24.2 Å². The lowest BCUT2D eigenvalue weighted by molar-refractivity contribution is 0.465. The number of benzene rings is 2. The fourth-order valence-electron chi connectivity index (χ4n) is 3.04. The molecule has 6 heteroatoms. The van der Waals surface area contributed by atoms with Gasteiger partial charge in [0.2, 0.25) is 0 Å². The lowest BCUT2D eigenvalue weighted by Crippen LogP contribution is -2.26. The highest BCUT2D eigenvalue weighted by Gasteiger charge is 2.24. The van der Waals surface area contributed by atoms with E-state index in [0.29, 0.717) is 22.7 Å². The van der Waals surface area contributed by atoms with Crippen LogP contribution in [0.4, 0.5) is 5.69 Å². The van der Waals surface area contributed by atoms with E-state index in [4.69, 9.17) is 4.74 Å². The second-order valence-corrected chi connectivity index (χ2v) is 9.30. The molecule has 0 saturated carbocycles. The van der Waals surface area contributed by atoms with Gasteiger partial charge in [0, 0.05) is 19.3 Å². The molecule has 0 N–H and O–H groups in total. The highest BCUT2D eigenvalue weighted by atomic mass is 32.2. The Labute approximate surface area is 174 Å². The standard InChI is InChI=1S/C23H30N2O3S/c1-5-7-13-25(14-8-6-2)21-15-19(17-24)16-22(29(4,26)27)23(21)28-20-11-9-18(3)10-12-20/h9-12,15-16H,5-8,13-14H2,1-4H3. The highest BCUT2D eigenvalue weighted by Crippen LogP contribution is 2.40. The van der Waals surface area contributed by atoms with Gasteiger partial charge in [-0.25, -0.2) is 8.42 Å². The van der Waals surface area contributed by atoms with Gasteiger partial charge in [-0.2, -0.15) is 5.26 Å². The smallest absolute Gasteiger partial charge is 0.179 e. The Hall–Kier alpha value is -2.52. The third-order valence-corrected chi connectivity index (χ3v) is 5.81. The van der Waals surface area contributed by atoms with Crippen molar-refractivity contribution in [1.29, 1.82) is 5.26 Å². The summed E-state index contributed by atoms with van der Waals surface area (Å²) in [6, 6.07) is 12.7. The summed E-state index contributed by atoms with van der Waals surface area (Å²) in [5.41, 5.74) is 2.06. The van der Waals surface area contributed by atoms with Gasteiger partial charge in [-0.3, -0.25) is 0 Å². The number of sulfone groups is 1. The van der Waals surface area contributed by atoms with Crippen LogP contribution in [0.3, 0.4) is 0 Å². The average molecular weight is 415 g/mol. The molecular weight excluding hydrogens is 384 g/mol. The second kappa shape index (κ2) is 10.3. The Balaban J connectivity index is 2.67. The van der Waals surface area contributed by atoms with Gasteiger partial charge in [-0.15, -0.1) is 0 Å². The van der Waals surface area contributed by atoms with Gasteiger partial charge in [0.15, 0.2) is 15.6 Å². The zero-order chi connectivity index (χ0) is 21.4. The quantitative estimate of drug-likeness (QED) is 0.515. The van der Waals surface area contributed by atoms with E-state index in [2.05, 4.69) is 24.8 Å². The van der Waals surface area contributed by atoms with Crippen LogP contribution >= 0.6 is 0 Å². The van der Waals surface area contributed by atoms with Crippen LogP contribution in [0.2, 0.25) is 0 Å². The van der Waals surface area contributed by atoms with Crippen molar-refractivity contribution in [2.45, 2.75) is 51.3 Å². The topological polar surface area (TPSA) is 70.4 Å². The zero-order valence-electron chi connectivity index (χ0n) is 17.7. The lowest BCUT2D eigenvalue weighted by Gasteiger charge is -2.28. The van der Waals surface area contributed by atoms with Crippen LogP contribution in [0.15, 0.2) is 41.3 Å². The largest absolute Gasteiger partial charge is 0.454 e. The minimum absolute atomic E-state index is 0.0464. The van der Waals surface area contributed by atoms with Crippen molar-refractivity contribution in [3.8, 4) is 17.6 Å². The molecule has 5 nitrogen and oxygen atoms in total. The molecule has 0 aliphatic carbocycles. The number of nitriles is 1. The molecule has 0 bridgehead atoms. The number of rotatable bonds is 10. The number of hydrogen-bond donors (Lipinski definition) is 0. The van der Waals surface area contributed by atoms with E-state index in [1.807, 2.05) is 31.2 Å². The first kappa shape index (κ1) is 22.8. The van der Waals surface area contributed by atoms with E-state index in [1.54, 1.807) is 6.07 Å². The maximum Gasteiger partial charge on any atom is 0.179 e. The van der Waals surface area contributed by atoms with E-state index < -0.39 is 9.84 Å². The summed E-state index contributed by atoms with van der Waals surface area (Å²) in [5, 5.41) is 9.49. The zero-order valence-corrected chi connectivity index (χ0v) is 18.6. The van der Waals surface area contributed by atoms with Crippen molar-refractivity contribution in [1.82, 2.24) is 0 Å². The molecule has 0 aliphatic rings. The molecule has 0 aliphatic heterocycles. The molecule has 0 spiro atoms. The fraction of sp³-hybridized carbons (Fsp3) is 0.435. The molecule has 29 heavy (non-hydrogen) atoms. The predicted octanol–water partition coefficient (Wildman–Crippen LogP) is 5.47. The molecule has 0 radical (unpaired) electrons. The molecule has 2 aromatic carbocycles. The van der Waals surface area contributed by atoms with Crippen molar-refractivity contribution >= 4 is 15.5 Å². The van der Waals surface area contributed by atoms with E-state index >= 15 is 0 Å². The minimum Gasteiger partial charge on any atom is -0.454 e. The average Bonchev–Trinajstić information content (AvgIpc) is 2.69. The number of aryl methyl sites for hydroxylation is 1. The summed E-state index contributed by atoms with van der Waals surface area (Å²) in [4.78, 5) is 2.19. The molecule has 0 saturated heterocycles. The second-order valence-electron chi connectivity index (χ2n) is 7.32. The molecule has 0 atom stereocenters. The number of nitrogens with zero attached hydrogens (tertiary/aromatic N) is 2. The van der Waals surface area contributed by atoms with Crippen molar-refractivity contribution in [2.24, 2.45) is 0 Å². The minimum atomic E-state index is -3.59. The van der Waals surface area contributed by atoms with Crippen LogP contribution in [0.5, 0.6) is 11.5 Å². The summed E-state index contributed by atoms with van der Waals surface area (Å²) in [5.74, 6) is 0.861. The van der Waals surface area contributed by atoms with E-state index in [0.717, 1.165) is 50.6 Å². The van der Waals surface area contributed by atoms with Crippen LogP contribution in [0.25, 0.3) is 0 Å². The van der Waals surface area contributed by atoms with Crippen LogP contribution < -0.4 is 9.64 Å². The molecule has 0 unspecified atom stereocenters. The van der Waals surface area contributed by atoms with Gasteiger partial charge < -0.3 is 9.64 Å². The normalized spacial score (nSPS) is 11.1. The summed E-state index contributed by atoms with van der Waals surface area (Å²) in [7, 11) is -3.59. The lowest BCUT2D eigenvalue weighted by atomic mass is 10.1. The van der Waals surface area contributed by atoms with Gasteiger partial charge in [-0.1, -0.05) is 44.4 Å². The first-order valence-electron chi connectivity index (χ1n) is 10.1. The third-order valence-electron chi connectivity index (χ3n) is 4.71. The molecular formula is C23H30N2O3S. The van der Waals surface area contributed by atoms with Gasteiger partial charge in [0.1, 0.15) is 10.6 Å². The first-order chi connectivity index (χ1) is 13.8. The Morgan fingerprint density at radius 2 is 1.62 bits per heavy atom. The number of anilines is 1. The van der Waals surface area contributed by atoms with E-state index in [-0.39, 0.29) is 4.90 Å². The molecule has 156 valence electrons. The van der Waals surface area contributed by atoms with Crippen LogP contribution in [0, 0.1) is 18.3 Å². The molecule has 2 rings (SSSR count). The number of hydrogen-bond acceptors (Lipinski definition) is 5. The first-order valence-corrected chi connectivity index (χ1v) is 12.0. The Kier molecular flexibility index (Phi) is 8.10. The number of ether oxygens (including phenoxy) is 1. The van der Waals surface area contributed by atoms with Gasteiger partial charge >= 0.3 is 0 Å². The summed E-state index contributed by atoms with van der Waals surface area (Å²) in [6.45, 7) is 7.78. The van der Waals surface area contributed by atoms with E-state index in [1.165, 1.54) is 6.07 Å². The van der Waals surface area contributed by atoms with Gasteiger partial charge in [0.05, 0.1) is 17.3 Å². The van der Waals surface area contributed by atoms with Crippen molar-refractivity contribution < 1.29 is 13.2 Å². The van der Waals surface area contributed by atoms with Gasteiger partial charge in [0.25, 0.3) is 0 Å². The molecule has 0 heterocycles. The Bertz CT molecular complexity index is 953. The summed E-state index contributed by atoms with van der Waals surface area (Å²) >= 11 is 0. The Morgan fingerprint density at radius 3 is 2.10 bits per heavy atom. The van der Waals surface area contributed by atoms with Crippen LogP contribution in [-0.2, 0) is 9.84 Å². The van der Waals surface area contributed by atoms with Crippen LogP contribution in [0.1, 0.15) is 50.7 Å². The van der Waals surface area contributed by atoms with Crippen molar-refractivity contribution in [3.05, 3.63) is 47.5 Å². The Morgan fingerprint density at radius 1 is 1.03 bits per heavy atom. The summed E-state index contributed by atoms with van der Waals surface area (Å²) in [6.07, 6.45) is 5.14. The van der Waals surface area contributed by atoms with Crippen LogP contribution in [-0.4, -0.2) is 27.8 Å². The SMILES string of the molecule is CCCCN(CCCC)c1cc(C#N)cc(S(C)(=O)=O)c1Oc1ccc(C)cc1. The fourth-order valence-corrected chi connectivity index (χ4v) is 3.86. The van der Waals surface area contributed by atoms with Crippen molar-refractivity contribution in [3.63, 3.8) is 0 Å². The monoisotopic (exact) mass is 414 g/mol. The number of unbranched alkanes of at least 4 members (excludes halogenated alkanes) is 2. The van der Waals surface area contributed by atoms with E-state index in [9.17, 15) is 13.7 Å². The molecule has 0 aromatic heterocycles. The maximum absolute atomic E-state index is 12.6. The third kappa shape index (κ3) is 6.23. The predicted molar refractivity (Wildman–Crippen MR) is 118 cm³/mol. The molecule has 2 aromatic rings. The maximum atomic E-state index is 12.6. The highest BCUT2D eigenvalue weighted by molar-refractivity contribution is 7.90.